The van der Waals surface area contributed by atoms with Gasteiger partial charge in [-0.1, -0.05) is 48.0 Å². The fourth-order valence-corrected chi connectivity index (χ4v) is 2.32. The molecule has 3 rings (SSSR count). The largest absolute Gasteiger partial charge is 0.450 e. The van der Waals surface area contributed by atoms with Crippen molar-refractivity contribution < 1.29 is 9.53 Å². The Hall–Kier alpha value is -3.08. The van der Waals surface area contributed by atoms with Crippen LogP contribution in [0.5, 0.6) is 0 Å². The molecular weight excluding hydrogens is 302 g/mol. The maximum atomic E-state index is 11.4. The summed E-state index contributed by atoms with van der Waals surface area (Å²) in [6.07, 6.45) is 3.59. The molecule has 3 aromatic rings. The van der Waals surface area contributed by atoms with Crippen LogP contribution in [0.1, 0.15) is 23.6 Å². The van der Waals surface area contributed by atoms with Crippen LogP contribution in [-0.4, -0.2) is 22.7 Å². The van der Waals surface area contributed by atoms with E-state index in [1.807, 2.05) is 24.3 Å². The van der Waals surface area contributed by atoms with Crippen LogP contribution in [0.4, 0.5) is 10.7 Å². The van der Waals surface area contributed by atoms with Gasteiger partial charge in [-0.25, -0.2) is 9.78 Å². The number of ether oxygens (including phenoxy) is 1. The first-order valence-electron chi connectivity index (χ1n) is 7.82. The summed E-state index contributed by atoms with van der Waals surface area (Å²) in [4.78, 5) is 18.8. The molecule has 0 aliphatic carbocycles. The second-order valence-corrected chi connectivity index (χ2v) is 5.45. The molecule has 1 aromatic heterocycles. The highest BCUT2D eigenvalue weighted by Crippen LogP contribution is 2.18. The molecular formula is C19H19N3O2. The standard InChI is InChI=1S/C19H19N3O2/c1-3-24-19(23)22-18-20-16-11-10-15(12-17(16)21-18)9-8-14-6-4-13(2)5-7-14/h4-12H,3H2,1-2H3,(H2,20,21,22,23)/b9-8+. The average Bonchev–Trinajstić information content (AvgIpc) is 2.95. The molecule has 0 fully saturated rings. The number of hydrogen-bond donors (Lipinski definition) is 2. The molecule has 24 heavy (non-hydrogen) atoms. The number of anilines is 1. The van der Waals surface area contributed by atoms with Crippen molar-refractivity contribution in [1.82, 2.24) is 9.97 Å². The number of nitrogens with zero attached hydrogens (tertiary/aromatic N) is 1. The maximum Gasteiger partial charge on any atom is 0.413 e. The Labute approximate surface area is 140 Å². The summed E-state index contributed by atoms with van der Waals surface area (Å²) in [6, 6.07) is 14.2. The van der Waals surface area contributed by atoms with Crippen molar-refractivity contribution in [3.8, 4) is 0 Å². The van der Waals surface area contributed by atoms with Gasteiger partial charge in [-0.15, -0.1) is 0 Å². The van der Waals surface area contributed by atoms with E-state index in [2.05, 4.69) is 52.5 Å². The zero-order valence-corrected chi connectivity index (χ0v) is 13.7. The highest BCUT2D eigenvalue weighted by atomic mass is 16.5. The highest BCUT2D eigenvalue weighted by molar-refractivity contribution is 5.87. The number of aromatic amines is 1. The Morgan fingerprint density at radius 2 is 1.88 bits per heavy atom. The van der Waals surface area contributed by atoms with Crippen LogP contribution in [0.2, 0.25) is 0 Å². The molecule has 0 aliphatic rings. The van der Waals surface area contributed by atoms with Crippen molar-refractivity contribution in [3.05, 3.63) is 59.2 Å². The smallest absolute Gasteiger partial charge is 0.413 e. The average molecular weight is 321 g/mol. The molecule has 0 spiro atoms. The summed E-state index contributed by atoms with van der Waals surface area (Å²) in [6.45, 7) is 4.15. The lowest BCUT2D eigenvalue weighted by molar-refractivity contribution is 0.167. The highest BCUT2D eigenvalue weighted by Gasteiger charge is 2.07. The zero-order chi connectivity index (χ0) is 16.9. The van der Waals surface area contributed by atoms with E-state index in [9.17, 15) is 4.79 Å². The van der Waals surface area contributed by atoms with E-state index in [1.165, 1.54) is 5.56 Å². The fraction of sp³-hybridized carbons (Fsp3) is 0.158. The topological polar surface area (TPSA) is 67.0 Å². The number of nitrogens with one attached hydrogen (secondary N) is 2. The summed E-state index contributed by atoms with van der Waals surface area (Å²) >= 11 is 0. The Morgan fingerprint density at radius 3 is 2.62 bits per heavy atom. The minimum Gasteiger partial charge on any atom is -0.450 e. The number of imidazole rings is 1. The molecule has 1 heterocycles. The van der Waals surface area contributed by atoms with Crippen LogP contribution in [0, 0.1) is 6.92 Å². The lowest BCUT2D eigenvalue weighted by Gasteiger charge is -2.00. The maximum absolute atomic E-state index is 11.4. The van der Waals surface area contributed by atoms with Crippen molar-refractivity contribution in [2.75, 3.05) is 11.9 Å². The molecule has 0 unspecified atom stereocenters. The van der Waals surface area contributed by atoms with Crippen LogP contribution in [0.25, 0.3) is 23.2 Å². The van der Waals surface area contributed by atoms with Crippen LogP contribution in [0.15, 0.2) is 42.5 Å². The molecule has 0 atom stereocenters. The fourth-order valence-electron chi connectivity index (χ4n) is 2.32. The molecule has 2 aromatic carbocycles. The Kier molecular flexibility index (Phi) is 4.61. The lowest BCUT2D eigenvalue weighted by Crippen LogP contribution is -2.14. The summed E-state index contributed by atoms with van der Waals surface area (Å²) in [5.74, 6) is 0.378. The number of carbonyl (C=O) groups is 1. The number of amides is 1. The Bertz CT molecular complexity index is 879. The summed E-state index contributed by atoms with van der Waals surface area (Å²) in [5, 5.41) is 2.57. The molecule has 5 nitrogen and oxygen atoms in total. The summed E-state index contributed by atoms with van der Waals surface area (Å²) < 4.78 is 4.84. The number of benzene rings is 2. The van der Waals surface area contributed by atoms with E-state index in [0.717, 1.165) is 22.2 Å². The van der Waals surface area contributed by atoms with Gasteiger partial charge in [0.2, 0.25) is 5.95 Å². The molecule has 5 heteroatoms. The molecule has 0 bridgehead atoms. The van der Waals surface area contributed by atoms with Crippen molar-refractivity contribution in [2.24, 2.45) is 0 Å². The van der Waals surface area contributed by atoms with Crippen molar-refractivity contribution in [3.63, 3.8) is 0 Å². The zero-order valence-electron chi connectivity index (χ0n) is 13.7. The minimum absolute atomic E-state index is 0.319. The first-order valence-corrected chi connectivity index (χ1v) is 7.82. The van der Waals surface area contributed by atoms with Crippen molar-refractivity contribution in [2.45, 2.75) is 13.8 Å². The van der Waals surface area contributed by atoms with Crippen molar-refractivity contribution in [1.29, 1.82) is 0 Å². The van der Waals surface area contributed by atoms with Gasteiger partial charge in [-0.3, -0.25) is 5.32 Å². The summed E-state index contributed by atoms with van der Waals surface area (Å²) in [7, 11) is 0. The van der Waals surface area contributed by atoms with Crippen LogP contribution < -0.4 is 5.32 Å². The first-order chi connectivity index (χ1) is 11.6. The van der Waals surface area contributed by atoms with Gasteiger partial charge in [-0.2, -0.15) is 0 Å². The summed E-state index contributed by atoms with van der Waals surface area (Å²) in [5.41, 5.74) is 5.08. The predicted molar refractivity (Wildman–Crippen MR) is 96.8 cm³/mol. The van der Waals surface area contributed by atoms with Crippen LogP contribution in [-0.2, 0) is 4.74 Å². The van der Waals surface area contributed by atoms with Gasteiger partial charge < -0.3 is 9.72 Å². The van der Waals surface area contributed by atoms with Gasteiger partial charge in [0.05, 0.1) is 17.6 Å². The lowest BCUT2D eigenvalue weighted by atomic mass is 10.1. The number of carbonyl (C=O) groups excluding carboxylic acids is 1. The van der Waals surface area contributed by atoms with E-state index in [0.29, 0.717) is 12.6 Å². The Balaban J connectivity index is 1.78. The molecule has 1 amide bonds. The van der Waals surface area contributed by atoms with Crippen LogP contribution >= 0.6 is 0 Å². The molecule has 2 N–H and O–H groups in total. The predicted octanol–water partition coefficient (Wildman–Crippen LogP) is 4.61. The molecule has 0 aliphatic heterocycles. The number of fused-ring (bicyclic) bond motifs is 1. The number of H-pyrrole nitrogens is 1. The second kappa shape index (κ2) is 7.00. The van der Waals surface area contributed by atoms with E-state index in [1.54, 1.807) is 6.92 Å². The quantitative estimate of drug-likeness (QED) is 0.690. The van der Waals surface area contributed by atoms with Gasteiger partial charge in [0.15, 0.2) is 0 Å². The third-order valence-corrected chi connectivity index (χ3v) is 3.55. The van der Waals surface area contributed by atoms with Gasteiger partial charge in [-0.05, 0) is 37.1 Å². The first kappa shape index (κ1) is 15.8. The van der Waals surface area contributed by atoms with Gasteiger partial charge in [0.1, 0.15) is 0 Å². The molecule has 0 saturated carbocycles. The SMILES string of the molecule is CCOC(=O)Nc1nc2ccc(/C=C/c3ccc(C)cc3)cc2[nH]1. The number of aryl methyl sites for hydroxylation is 1. The Morgan fingerprint density at radius 1 is 1.17 bits per heavy atom. The number of hydrogen-bond acceptors (Lipinski definition) is 3. The second-order valence-electron chi connectivity index (χ2n) is 5.45. The van der Waals surface area contributed by atoms with Gasteiger partial charge in [0, 0.05) is 0 Å². The van der Waals surface area contributed by atoms with Gasteiger partial charge >= 0.3 is 6.09 Å². The van der Waals surface area contributed by atoms with E-state index in [-0.39, 0.29) is 0 Å². The van der Waals surface area contributed by atoms with Crippen molar-refractivity contribution >= 4 is 35.2 Å². The van der Waals surface area contributed by atoms with Crippen LogP contribution in [0.3, 0.4) is 0 Å². The number of aromatic nitrogens is 2. The monoisotopic (exact) mass is 321 g/mol. The minimum atomic E-state index is -0.518. The molecule has 0 saturated heterocycles. The van der Waals surface area contributed by atoms with Gasteiger partial charge in [0.25, 0.3) is 0 Å². The third kappa shape index (κ3) is 3.81. The van der Waals surface area contributed by atoms with E-state index in [4.69, 9.17) is 4.74 Å². The molecule has 122 valence electrons. The number of rotatable bonds is 4. The van der Waals surface area contributed by atoms with E-state index >= 15 is 0 Å². The van der Waals surface area contributed by atoms with E-state index < -0.39 is 6.09 Å². The molecule has 0 radical (unpaired) electrons. The normalized spacial score (nSPS) is 11.1. The third-order valence-electron chi connectivity index (χ3n) is 3.55.